The summed E-state index contributed by atoms with van der Waals surface area (Å²) in [6.07, 6.45) is -0.0880. The van der Waals surface area contributed by atoms with E-state index in [1.54, 1.807) is 0 Å². The molecule has 0 aliphatic heterocycles. The monoisotopic (exact) mass is 233 g/mol. The van der Waals surface area contributed by atoms with Crippen LogP contribution in [0.4, 0.5) is 0 Å². The van der Waals surface area contributed by atoms with E-state index in [0.717, 1.165) is 0 Å². The molecule has 0 rings (SSSR count). The number of ketones is 1. The minimum atomic E-state index is -1.13. The molecule has 0 aliphatic rings. The van der Waals surface area contributed by atoms with Gasteiger partial charge in [-0.15, -0.1) is 0 Å². The first-order valence-corrected chi connectivity index (χ1v) is 4.16. The van der Waals surface area contributed by atoms with Crippen molar-refractivity contribution in [3.8, 4) is 0 Å². The SMILES string of the molecule is C=C(OC)C(=O)O.CC(=O)CC(N)C(=O)O. The van der Waals surface area contributed by atoms with Crippen LogP contribution < -0.4 is 5.73 Å². The largest absolute Gasteiger partial charge is 0.490 e. The number of carboxylic acids is 2. The van der Waals surface area contributed by atoms with Gasteiger partial charge in [-0.1, -0.05) is 0 Å². The molecule has 0 spiro atoms. The second-order valence-corrected chi connectivity index (χ2v) is 2.78. The molecule has 1 unspecified atom stereocenters. The summed E-state index contributed by atoms with van der Waals surface area (Å²) in [4.78, 5) is 29.9. The lowest BCUT2D eigenvalue weighted by atomic mass is 10.2. The Hall–Kier alpha value is -1.89. The number of hydrogen-bond acceptors (Lipinski definition) is 5. The third-order valence-electron chi connectivity index (χ3n) is 1.31. The van der Waals surface area contributed by atoms with Gasteiger partial charge >= 0.3 is 11.9 Å². The minimum absolute atomic E-state index is 0.0880. The molecule has 7 nitrogen and oxygen atoms in total. The molecule has 0 radical (unpaired) electrons. The molecular weight excluding hydrogens is 218 g/mol. The standard InChI is InChI=1S/C5H9NO3.C4H6O3/c1-3(7)2-4(6)5(8)9;1-3(7-2)4(5)6/h4H,2,6H2,1H3,(H,8,9);1H2,2H3,(H,5,6). The van der Waals surface area contributed by atoms with Crippen molar-refractivity contribution in [2.45, 2.75) is 19.4 Å². The number of methoxy groups -OCH3 is 1. The molecule has 0 fully saturated rings. The van der Waals surface area contributed by atoms with Crippen molar-refractivity contribution in [1.82, 2.24) is 0 Å². The molecule has 0 aliphatic carbocycles. The Labute approximate surface area is 92.5 Å². The van der Waals surface area contributed by atoms with Crippen LogP contribution >= 0.6 is 0 Å². The van der Waals surface area contributed by atoms with Crippen LogP contribution in [-0.2, 0) is 19.1 Å². The van der Waals surface area contributed by atoms with Crippen LogP contribution in [0.2, 0.25) is 0 Å². The zero-order valence-corrected chi connectivity index (χ0v) is 9.10. The summed E-state index contributed by atoms with van der Waals surface area (Å²) in [6.45, 7) is 4.36. The number of Topliss-reactive ketones (excluding diaryl/α,β-unsaturated/α-hetero) is 1. The van der Waals surface area contributed by atoms with E-state index in [4.69, 9.17) is 15.9 Å². The normalized spacial score (nSPS) is 10.4. The molecule has 0 aromatic heterocycles. The molecule has 4 N–H and O–H groups in total. The molecule has 0 heterocycles. The fraction of sp³-hybridized carbons (Fsp3) is 0.444. The van der Waals surface area contributed by atoms with Gasteiger partial charge < -0.3 is 20.7 Å². The molecule has 1 atom stereocenters. The number of rotatable bonds is 5. The van der Waals surface area contributed by atoms with Gasteiger partial charge in [-0.25, -0.2) is 4.79 Å². The molecule has 0 aromatic carbocycles. The minimum Gasteiger partial charge on any atom is -0.490 e. The van der Waals surface area contributed by atoms with E-state index in [2.05, 4.69) is 11.3 Å². The maximum absolute atomic E-state index is 10.2. The van der Waals surface area contributed by atoms with Crippen molar-refractivity contribution in [3.05, 3.63) is 12.3 Å². The van der Waals surface area contributed by atoms with Gasteiger partial charge in [0.1, 0.15) is 11.8 Å². The van der Waals surface area contributed by atoms with Crippen LogP contribution in [0.15, 0.2) is 12.3 Å². The third-order valence-corrected chi connectivity index (χ3v) is 1.31. The lowest BCUT2D eigenvalue weighted by Gasteiger charge is -2.00. The molecule has 0 amide bonds. The van der Waals surface area contributed by atoms with E-state index in [1.807, 2.05) is 0 Å². The lowest BCUT2D eigenvalue weighted by Crippen LogP contribution is -2.31. The van der Waals surface area contributed by atoms with Crippen molar-refractivity contribution in [1.29, 1.82) is 0 Å². The summed E-state index contributed by atoms with van der Waals surface area (Å²) in [5.74, 6) is -2.70. The van der Waals surface area contributed by atoms with Gasteiger partial charge in [-0.3, -0.25) is 9.59 Å². The van der Waals surface area contributed by atoms with Gasteiger partial charge in [-0.05, 0) is 13.5 Å². The maximum atomic E-state index is 10.2. The smallest absolute Gasteiger partial charge is 0.370 e. The molecule has 92 valence electrons. The Morgan fingerprint density at radius 1 is 1.38 bits per heavy atom. The molecule has 0 aromatic rings. The number of hydrogen-bond donors (Lipinski definition) is 3. The van der Waals surface area contributed by atoms with Gasteiger partial charge in [0.05, 0.1) is 7.11 Å². The molecule has 0 saturated heterocycles. The molecule has 0 saturated carbocycles. The van der Waals surface area contributed by atoms with Crippen LogP contribution in [0.5, 0.6) is 0 Å². The summed E-state index contributed by atoms with van der Waals surface area (Å²) in [5, 5.41) is 16.1. The van der Waals surface area contributed by atoms with E-state index >= 15 is 0 Å². The Morgan fingerprint density at radius 2 is 1.81 bits per heavy atom. The van der Waals surface area contributed by atoms with Crippen LogP contribution in [0, 0.1) is 0 Å². The van der Waals surface area contributed by atoms with E-state index in [9.17, 15) is 14.4 Å². The van der Waals surface area contributed by atoms with Crippen molar-refractivity contribution in [2.24, 2.45) is 5.73 Å². The highest BCUT2D eigenvalue weighted by Crippen LogP contribution is 1.88. The fourth-order valence-electron chi connectivity index (χ4n) is 0.484. The first-order valence-electron chi connectivity index (χ1n) is 4.16. The van der Waals surface area contributed by atoms with Crippen molar-refractivity contribution >= 4 is 17.7 Å². The number of carboxylic acid groups (broad SMARTS) is 2. The molecule has 7 heteroatoms. The van der Waals surface area contributed by atoms with Crippen molar-refractivity contribution in [3.63, 3.8) is 0 Å². The summed E-state index contributed by atoms with van der Waals surface area (Å²) in [7, 11) is 1.26. The van der Waals surface area contributed by atoms with Gasteiger partial charge in [-0.2, -0.15) is 0 Å². The number of ether oxygens (including phenoxy) is 1. The van der Waals surface area contributed by atoms with Gasteiger partial charge in [0.2, 0.25) is 0 Å². The first kappa shape index (κ1) is 16.5. The summed E-state index contributed by atoms with van der Waals surface area (Å²) >= 11 is 0. The summed E-state index contributed by atoms with van der Waals surface area (Å²) in [6, 6.07) is -1.04. The predicted molar refractivity (Wildman–Crippen MR) is 54.7 cm³/mol. The van der Waals surface area contributed by atoms with E-state index < -0.39 is 18.0 Å². The third kappa shape index (κ3) is 10.2. The van der Waals surface area contributed by atoms with Crippen LogP contribution in [0.3, 0.4) is 0 Å². The highest BCUT2D eigenvalue weighted by molar-refractivity contribution is 5.84. The number of aliphatic carboxylic acids is 2. The van der Waals surface area contributed by atoms with Crippen molar-refractivity contribution < 1.29 is 29.3 Å². The van der Waals surface area contributed by atoms with Crippen LogP contribution in [-0.4, -0.2) is 41.1 Å². The maximum Gasteiger partial charge on any atom is 0.370 e. The second-order valence-electron chi connectivity index (χ2n) is 2.78. The summed E-state index contributed by atoms with van der Waals surface area (Å²) in [5.41, 5.74) is 5.00. The predicted octanol–water partition coefficient (Wildman–Crippen LogP) is -0.391. The molecule has 0 bridgehead atoms. The second kappa shape index (κ2) is 8.42. The van der Waals surface area contributed by atoms with Gasteiger partial charge in [0.25, 0.3) is 0 Å². The van der Waals surface area contributed by atoms with E-state index in [1.165, 1.54) is 14.0 Å². The van der Waals surface area contributed by atoms with E-state index in [0.29, 0.717) is 0 Å². The zero-order chi connectivity index (χ0) is 13.3. The summed E-state index contributed by atoms with van der Waals surface area (Å²) < 4.78 is 4.22. The first-order chi connectivity index (χ1) is 7.22. The lowest BCUT2D eigenvalue weighted by molar-refractivity contribution is -0.140. The highest BCUT2D eigenvalue weighted by Gasteiger charge is 2.12. The average molecular weight is 233 g/mol. The van der Waals surface area contributed by atoms with Crippen LogP contribution in [0.25, 0.3) is 0 Å². The van der Waals surface area contributed by atoms with Crippen LogP contribution in [0.1, 0.15) is 13.3 Å². The Kier molecular flexibility index (Phi) is 8.70. The van der Waals surface area contributed by atoms with Gasteiger partial charge in [0.15, 0.2) is 5.76 Å². The Morgan fingerprint density at radius 3 is 1.88 bits per heavy atom. The van der Waals surface area contributed by atoms with Gasteiger partial charge in [0, 0.05) is 6.42 Å². The Balaban J connectivity index is 0. The number of nitrogens with two attached hydrogens (primary N) is 1. The van der Waals surface area contributed by atoms with Crippen molar-refractivity contribution in [2.75, 3.05) is 7.11 Å². The fourth-order valence-corrected chi connectivity index (χ4v) is 0.484. The quantitative estimate of drug-likeness (QED) is 0.435. The molecular formula is C9H15NO6. The molecule has 16 heavy (non-hydrogen) atoms. The average Bonchev–Trinajstić information content (AvgIpc) is 2.16. The number of carbonyl (C=O) groups is 3. The van der Waals surface area contributed by atoms with E-state index in [-0.39, 0.29) is 18.0 Å². The number of carbonyl (C=O) groups excluding carboxylic acids is 1. The topological polar surface area (TPSA) is 127 Å². The zero-order valence-electron chi connectivity index (χ0n) is 9.10. The Bertz CT molecular complexity index is 286. The highest BCUT2D eigenvalue weighted by atomic mass is 16.5.